The summed E-state index contributed by atoms with van der Waals surface area (Å²) in [5, 5.41) is 54.8. The second-order valence-corrected chi connectivity index (χ2v) is 26.4. The Morgan fingerprint density at radius 2 is 0.694 bits per heavy atom. The van der Waals surface area contributed by atoms with Crippen molar-refractivity contribution in [2.24, 2.45) is 0 Å². The zero-order chi connectivity index (χ0) is 61.4. The first kappa shape index (κ1) is 81.4. The molecule has 1 aliphatic rings. The summed E-state index contributed by atoms with van der Waals surface area (Å²) in [4.78, 5) is 13.1. The molecule has 0 spiro atoms. The van der Waals surface area contributed by atoms with Gasteiger partial charge in [-0.3, -0.25) is 4.79 Å². The molecule has 9 heteroatoms. The first-order chi connectivity index (χ1) is 41.8. The third-order valence-corrected chi connectivity index (χ3v) is 18.2. The average Bonchev–Trinajstić information content (AvgIpc) is 3.57. The molecule has 0 saturated carbocycles. The molecule has 0 radical (unpaired) electrons. The fourth-order valence-electron chi connectivity index (χ4n) is 12.3. The number of allylic oxidation sites excluding steroid dienone is 5. The van der Waals surface area contributed by atoms with Crippen LogP contribution in [0, 0.1) is 0 Å². The second-order valence-electron chi connectivity index (χ2n) is 26.4. The minimum Gasteiger partial charge on any atom is -0.394 e. The monoisotopic (exact) mass is 1200 g/mol. The number of carbonyl (C=O) groups is 1. The summed E-state index contributed by atoms with van der Waals surface area (Å²) in [6.07, 6.45) is 81.3. The van der Waals surface area contributed by atoms with E-state index in [0.717, 1.165) is 44.9 Å². The van der Waals surface area contributed by atoms with Crippen molar-refractivity contribution in [3.8, 4) is 0 Å². The van der Waals surface area contributed by atoms with Gasteiger partial charge in [-0.2, -0.15) is 0 Å². The second kappa shape index (κ2) is 65.4. The van der Waals surface area contributed by atoms with E-state index in [1.54, 1.807) is 6.08 Å². The van der Waals surface area contributed by atoms with Gasteiger partial charge in [0.05, 0.1) is 25.4 Å². The fourth-order valence-corrected chi connectivity index (χ4v) is 12.3. The van der Waals surface area contributed by atoms with Crippen LogP contribution in [0.15, 0.2) is 36.5 Å². The van der Waals surface area contributed by atoms with Crippen molar-refractivity contribution in [3.05, 3.63) is 36.5 Å². The van der Waals surface area contributed by atoms with Crippen LogP contribution in [0.1, 0.15) is 386 Å². The number of hydrogen-bond donors (Lipinski definition) is 6. The highest BCUT2D eigenvalue weighted by Crippen LogP contribution is 2.24. The van der Waals surface area contributed by atoms with Crippen LogP contribution in [0.25, 0.3) is 0 Å². The van der Waals surface area contributed by atoms with Crippen molar-refractivity contribution in [3.63, 3.8) is 0 Å². The molecule has 0 bridgehead atoms. The number of ether oxygens (including phenoxy) is 2. The van der Waals surface area contributed by atoms with E-state index < -0.39 is 49.5 Å². The van der Waals surface area contributed by atoms with Gasteiger partial charge in [-0.25, -0.2) is 0 Å². The number of carbonyl (C=O) groups excluding carboxylic acids is 1. The molecule has 6 N–H and O–H groups in total. The maximum absolute atomic E-state index is 13.1. The maximum Gasteiger partial charge on any atom is 0.220 e. The minimum atomic E-state index is -1.57. The van der Waals surface area contributed by atoms with E-state index >= 15 is 0 Å². The molecule has 0 aromatic rings. The van der Waals surface area contributed by atoms with Crippen LogP contribution in [0.4, 0.5) is 0 Å². The summed E-state index contributed by atoms with van der Waals surface area (Å²) in [5.74, 6) is -0.170. The number of aliphatic hydroxyl groups is 5. The average molecular weight is 1200 g/mol. The Morgan fingerprint density at radius 1 is 0.400 bits per heavy atom. The number of unbranched alkanes of at least 4 members (excludes halogenated alkanes) is 53. The van der Waals surface area contributed by atoms with Crippen LogP contribution in [-0.2, 0) is 14.3 Å². The predicted octanol–water partition coefficient (Wildman–Crippen LogP) is 21.0. The molecule has 1 saturated heterocycles. The van der Waals surface area contributed by atoms with Crippen molar-refractivity contribution in [1.29, 1.82) is 0 Å². The van der Waals surface area contributed by atoms with Gasteiger partial charge in [-0.15, -0.1) is 0 Å². The standard InChI is InChI=1S/C76H145NO8/c1-3-5-7-9-11-13-15-17-19-21-23-25-27-29-30-31-32-33-34-35-36-37-38-39-40-42-44-46-48-50-52-54-56-58-60-62-64-66-72(80)77-69(68-84-76-75(83)74(82)73(81)71(67-78)85-76)70(79)65-63-61-59-57-55-53-51-49-47-45-43-41-28-26-24-22-20-18-16-14-12-10-8-6-4-2/h30-31,33-34,63,65,69-71,73-76,78-79,81-83H,3-29,32,35-62,64,66-68H2,1-2H3,(H,77,80)/b31-30-,34-33-,65-63+. The Balaban J connectivity index is 2.08. The first-order valence-corrected chi connectivity index (χ1v) is 37.7. The smallest absolute Gasteiger partial charge is 0.220 e. The van der Waals surface area contributed by atoms with Gasteiger partial charge >= 0.3 is 0 Å². The molecule has 1 rings (SSSR count). The number of amides is 1. The number of aliphatic hydroxyl groups excluding tert-OH is 5. The van der Waals surface area contributed by atoms with Crippen LogP contribution in [0.5, 0.6) is 0 Å². The topological polar surface area (TPSA) is 149 Å². The maximum atomic E-state index is 13.1. The quantitative estimate of drug-likeness (QED) is 0.0261. The van der Waals surface area contributed by atoms with Gasteiger partial charge in [-0.1, -0.05) is 365 Å². The van der Waals surface area contributed by atoms with Gasteiger partial charge in [0, 0.05) is 6.42 Å². The lowest BCUT2D eigenvalue weighted by Crippen LogP contribution is -2.60. The molecule has 0 aromatic heterocycles. The third-order valence-electron chi connectivity index (χ3n) is 18.2. The van der Waals surface area contributed by atoms with Crippen molar-refractivity contribution >= 4 is 5.91 Å². The highest BCUT2D eigenvalue weighted by Gasteiger charge is 2.44. The molecule has 1 amide bonds. The summed E-state index contributed by atoms with van der Waals surface area (Å²) < 4.78 is 11.3. The molecule has 7 unspecified atom stereocenters. The van der Waals surface area contributed by atoms with Crippen molar-refractivity contribution in [1.82, 2.24) is 5.32 Å². The van der Waals surface area contributed by atoms with Gasteiger partial charge in [-0.05, 0) is 51.4 Å². The molecular weight excluding hydrogens is 1050 g/mol. The summed E-state index contributed by atoms with van der Waals surface area (Å²) in [6, 6.07) is -0.806. The SMILES string of the molecule is CCCCCCCCCCCCCCC/C=C\C/C=C\CCCCCCCCCCCCCCCCCCCC(=O)NC(COC1OC(CO)C(O)C(O)C1O)C(O)/C=C/CCCCCCCCCCCCCCCCCCCCCCCCC. The fraction of sp³-hybridized carbons (Fsp3) is 0.908. The lowest BCUT2D eigenvalue weighted by Gasteiger charge is -2.40. The molecule has 502 valence electrons. The van der Waals surface area contributed by atoms with Gasteiger partial charge in [0.25, 0.3) is 0 Å². The van der Waals surface area contributed by atoms with E-state index in [2.05, 4.69) is 43.5 Å². The molecule has 1 fully saturated rings. The molecule has 1 heterocycles. The molecule has 9 nitrogen and oxygen atoms in total. The van der Waals surface area contributed by atoms with E-state index in [4.69, 9.17) is 9.47 Å². The Morgan fingerprint density at radius 3 is 1.01 bits per heavy atom. The van der Waals surface area contributed by atoms with Crippen LogP contribution in [-0.4, -0.2) is 87.5 Å². The summed E-state index contributed by atoms with van der Waals surface area (Å²) in [7, 11) is 0. The van der Waals surface area contributed by atoms with Crippen LogP contribution in [0.3, 0.4) is 0 Å². The summed E-state index contributed by atoms with van der Waals surface area (Å²) in [6.45, 7) is 3.84. The van der Waals surface area contributed by atoms with Gasteiger partial charge < -0.3 is 40.3 Å². The summed E-state index contributed by atoms with van der Waals surface area (Å²) >= 11 is 0. The van der Waals surface area contributed by atoms with Crippen molar-refractivity contribution in [2.45, 2.75) is 429 Å². The number of rotatable bonds is 67. The normalized spacial score (nSPS) is 18.2. The van der Waals surface area contributed by atoms with Gasteiger partial charge in [0.1, 0.15) is 24.4 Å². The highest BCUT2D eigenvalue weighted by atomic mass is 16.7. The van der Waals surface area contributed by atoms with E-state index in [1.807, 2.05) is 6.08 Å². The molecule has 0 aromatic carbocycles. The predicted molar refractivity (Wildman–Crippen MR) is 364 cm³/mol. The van der Waals surface area contributed by atoms with E-state index in [1.165, 1.54) is 321 Å². The van der Waals surface area contributed by atoms with Crippen molar-refractivity contribution in [2.75, 3.05) is 13.2 Å². The third kappa shape index (κ3) is 53.9. The first-order valence-electron chi connectivity index (χ1n) is 37.7. The van der Waals surface area contributed by atoms with Crippen LogP contribution in [0.2, 0.25) is 0 Å². The lowest BCUT2D eigenvalue weighted by molar-refractivity contribution is -0.302. The molecular formula is C76H145NO8. The zero-order valence-electron chi connectivity index (χ0n) is 56.4. The Labute approximate surface area is 527 Å². The van der Waals surface area contributed by atoms with Crippen LogP contribution < -0.4 is 5.32 Å². The lowest BCUT2D eigenvalue weighted by atomic mass is 9.99. The Hall–Kier alpha value is -1.59. The Kier molecular flexibility index (Phi) is 62.6. The van der Waals surface area contributed by atoms with Gasteiger partial charge in [0.15, 0.2) is 6.29 Å². The zero-order valence-corrected chi connectivity index (χ0v) is 56.4. The Bertz CT molecular complexity index is 1440. The highest BCUT2D eigenvalue weighted by molar-refractivity contribution is 5.76. The van der Waals surface area contributed by atoms with Gasteiger partial charge in [0.2, 0.25) is 5.91 Å². The largest absolute Gasteiger partial charge is 0.394 e. The van der Waals surface area contributed by atoms with E-state index in [-0.39, 0.29) is 12.5 Å². The molecule has 85 heavy (non-hydrogen) atoms. The number of nitrogens with one attached hydrogen (secondary N) is 1. The minimum absolute atomic E-state index is 0.170. The molecule has 7 atom stereocenters. The van der Waals surface area contributed by atoms with Crippen LogP contribution >= 0.6 is 0 Å². The van der Waals surface area contributed by atoms with Crippen molar-refractivity contribution < 1.29 is 39.8 Å². The van der Waals surface area contributed by atoms with E-state index in [9.17, 15) is 30.3 Å². The van der Waals surface area contributed by atoms with E-state index in [0.29, 0.717) is 6.42 Å². The molecule has 0 aliphatic carbocycles. The molecule has 1 aliphatic heterocycles. The number of hydrogen-bond acceptors (Lipinski definition) is 8. The summed E-state index contributed by atoms with van der Waals surface area (Å²) in [5.41, 5.74) is 0.